The normalized spacial score (nSPS) is 13.7. The van der Waals surface area contributed by atoms with Crippen LogP contribution < -0.4 is 10.6 Å². The van der Waals surface area contributed by atoms with E-state index in [-0.39, 0.29) is 23.7 Å². The van der Waals surface area contributed by atoms with Gasteiger partial charge in [0.2, 0.25) is 5.91 Å². The second-order valence-corrected chi connectivity index (χ2v) is 4.08. The average Bonchev–Trinajstić information content (AvgIpc) is 2.37. The Bertz CT molecular complexity index is 448. The molecule has 0 radical (unpaired) electrons. The van der Waals surface area contributed by atoms with Crippen molar-refractivity contribution in [3.05, 3.63) is 39.9 Å². The van der Waals surface area contributed by atoms with E-state index in [9.17, 15) is 14.9 Å². The summed E-state index contributed by atoms with van der Waals surface area (Å²) in [5.74, 6) is -0.118. The molecule has 1 aromatic rings. The van der Waals surface area contributed by atoms with Gasteiger partial charge >= 0.3 is 0 Å². The molecule has 0 spiro atoms. The first-order valence-electron chi connectivity index (χ1n) is 5.67. The number of hydrogen-bond acceptors (Lipinski definition) is 4. The molecule has 0 aliphatic heterocycles. The summed E-state index contributed by atoms with van der Waals surface area (Å²) in [6.07, 6.45) is 0. The van der Waals surface area contributed by atoms with Gasteiger partial charge in [0.15, 0.2) is 0 Å². The number of nitro benzene ring substituents is 1. The molecule has 6 heteroatoms. The molecule has 0 aliphatic rings. The predicted octanol–water partition coefficient (Wildman–Crippen LogP) is 1.38. The zero-order valence-corrected chi connectivity index (χ0v) is 10.6. The molecule has 0 bridgehead atoms. The molecular formula is C12H17N3O3. The summed E-state index contributed by atoms with van der Waals surface area (Å²) < 4.78 is 0. The summed E-state index contributed by atoms with van der Waals surface area (Å²) in [5.41, 5.74) is 0.827. The molecule has 0 fully saturated rings. The Morgan fingerprint density at radius 2 is 2.06 bits per heavy atom. The number of likely N-dealkylation sites (N-methyl/N-ethyl adjacent to an activating group) is 1. The highest BCUT2D eigenvalue weighted by molar-refractivity contribution is 5.80. The second kappa shape index (κ2) is 6.11. The molecule has 18 heavy (non-hydrogen) atoms. The van der Waals surface area contributed by atoms with Crippen molar-refractivity contribution in [2.24, 2.45) is 0 Å². The van der Waals surface area contributed by atoms with Crippen LogP contribution in [-0.4, -0.2) is 23.9 Å². The first-order chi connectivity index (χ1) is 8.45. The zero-order chi connectivity index (χ0) is 13.7. The number of nitrogens with zero attached hydrogens (tertiary/aromatic N) is 1. The van der Waals surface area contributed by atoms with E-state index in [2.05, 4.69) is 10.6 Å². The van der Waals surface area contributed by atoms with E-state index in [0.717, 1.165) is 5.56 Å². The zero-order valence-electron chi connectivity index (χ0n) is 10.6. The smallest absolute Gasteiger partial charge is 0.269 e. The van der Waals surface area contributed by atoms with E-state index in [0.29, 0.717) is 0 Å². The lowest BCUT2D eigenvalue weighted by Gasteiger charge is -2.19. The molecule has 0 aliphatic carbocycles. The van der Waals surface area contributed by atoms with E-state index in [1.54, 1.807) is 26.1 Å². The number of nitrogens with one attached hydrogen (secondary N) is 2. The molecule has 6 nitrogen and oxygen atoms in total. The maximum Gasteiger partial charge on any atom is 0.269 e. The molecule has 98 valence electrons. The third kappa shape index (κ3) is 3.53. The van der Waals surface area contributed by atoms with E-state index in [4.69, 9.17) is 0 Å². The average molecular weight is 251 g/mol. The molecule has 1 rings (SSSR count). The number of rotatable bonds is 5. The molecule has 2 unspecified atom stereocenters. The maximum atomic E-state index is 11.4. The van der Waals surface area contributed by atoms with Crippen LogP contribution in [0, 0.1) is 10.1 Å². The Morgan fingerprint density at radius 3 is 2.61 bits per heavy atom. The van der Waals surface area contributed by atoms with Gasteiger partial charge in [-0.25, -0.2) is 0 Å². The van der Waals surface area contributed by atoms with Crippen LogP contribution in [0.3, 0.4) is 0 Å². The van der Waals surface area contributed by atoms with Gasteiger partial charge in [-0.2, -0.15) is 0 Å². The summed E-state index contributed by atoms with van der Waals surface area (Å²) in [7, 11) is 1.57. The molecule has 1 aromatic carbocycles. The number of non-ortho nitro benzene ring substituents is 1. The summed E-state index contributed by atoms with van der Waals surface area (Å²) >= 11 is 0. The predicted molar refractivity (Wildman–Crippen MR) is 68.2 cm³/mol. The van der Waals surface area contributed by atoms with Crippen molar-refractivity contribution in [1.82, 2.24) is 10.6 Å². The molecule has 0 saturated carbocycles. The summed E-state index contributed by atoms with van der Waals surface area (Å²) in [5, 5.41) is 16.3. The van der Waals surface area contributed by atoms with Crippen LogP contribution in [0.5, 0.6) is 0 Å². The minimum absolute atomic E-state index is 0.0498. The first-order valence-corrected chi connectivity index (χ1v) is 5.67. The van der Waals surface area contributed by atoms with Crippen molar-refractivity contribution >= 4 is 11.6 Å². The number of benzene rings is 1. The lowest BCUT2D eigenvalue weighted by atomic mass is 10.1. The quantitative estimate of drug-likeness (QED) is 0.611. The van der Waals surface area contributed by atoms with Gasteiger partial charge in [-0.15, -0.1) is 0 Å². The van der Waals surface area contributed by atoms with Crippen molar-refractivity contribution in [2.45, 2.75) is 25.9 Å². The van der Waals surface area contributed by atoms with Crippen LogP contribution in [0.15, 0.2) is 24.3 Å². The Balaban J connectivity index is 2.78. The SMILES string of the molecule is CNC(=O)C(C)NC(C)c1cccc([N+](=O)[O-])c1. The van der Waals surface area contributed by atoms with Gasteiger partial charge in [0.05, 0.1) is 11.0 Å². The van der Waals surface area contributed by atoms with Gasteiger partial charge in [-0.1, -0.05) is 12.1 Å². The van der Waals surface area contributed by atoms with Gasteiger partial charge in [0.25, 0.3) is 5.69 Å². The number of carbonyl (C=O) groups excluding carboxylic acids is 1. The third-order valence-corrected chi connectivity index (χ3v) is 2.72. The van der Waals surface area contributed by atoms with Gasteiger partial charge in [0, 0.05) is 25.2 Å². The number of hydrogen-bond donors (Lipinski definition) is 2. The fraction of sp³-hybridized carbons (Fsp3) is 0.417. The molecule has 0 saturated heterocycles. The van der Waals surface area contributed by atoms with Crippen LogP contribution in [0.4, 0.5) is 5.69 Å². The van der Waals surface area contributed by atoms with E-state index in [1.807, 2.05) is 6.92 Å². The first kappa shape index (κ1) is 14.1. The van der Waals surface area contributed by atoms with E-state index >= 15 is 0 Å². The maximum absolute atomic E-state index is 11.4. The van der Waals surface area contributed by atoms with Crippen molar-refractivity contribution in [2.75, 3.05) is 7.05 Å². The van der Waals surface area contributed by atoms with Gasteiger partial charge in [0.1, 0.15) is 0 Å². The van der Waals surface area contributed by atoms with Crippen LogP contribution in [-0.2, 0) is 4.79 Å². The van der Waals surface area contributed by atoms with Crippen LogP contribution in [0.2, 0.25) is 0 Å². The molecule has 0 aromatic heterocycles. The minimum atomic E-state index is -0.432. The van der Waals surface area contributed by atoms with Gasteiger partial charge in [-0.05, 0) is 19.4 Å². The standard InChI is InChI=1S/C12H17N3O3/c1-8(14-9(2)12(16)13-3)10-5-4-6-11(7-10)15(17)18/h4-9,14H,1-3H3,(H,13,16). The lowest BCUT2D eigenvalue weighted by molar-refractivity contribution is -0.384. The topological polar surface area (TPSA) is 84.3 Å². The van der Waals surface area contributed by atoms with Gasteiger partial charge in [-0.3, -0.25) is 20.2 Å². The highest BCUT2D eigenvalue weighted by Gasteiger charge is 2.16. The number of amides is 1. The van der Waals surface area contributed by atoms with Gasteiger partial charge < -0.3 is 5.32 Å². The fourth-order valence-electron chi connectivity index (χ4n) is 1.67. The summed E-state index contributed by atoms with van der Waals surface area (Å²) in [6.45, 7) is 3.60. The Labute approximate surface area is 106 Å². The Kier molecular flexibility index (Phi) is 4.79. The molecule has 2 N–H and O–H groups in total. The van der Waals surface area contributed by atoms with E-state index < -0.39 is 4.92 Å². The summed E-state index contributed by atoms with van der Waals surface area (Å²) in [6, 6.07) is 5.88. The Hall–Kier alpha value is -1.95. The lowest BCUT2D eigenvalue weighted by Crippen LogP contribution is -2.41. The van der Waals surface area contributed by atoms with Crippen LogP contribution >= 0.6 is 0 Å². The van der Waals surface area contributed by atoms with Crippen LogP contribution in [0.1, 0.15) is 25.5 Å². The molecule has 0 heterocycles. The minimum Gasteiger partial charge on any atom is -0.358 e. The fourth-order valence-corrected chi connectivity index (χ4v) is 1.67. The Morgan fingerprint density at radius 1 is 1.39 bits per heavy atom. The van der Waals surface area contributed by atoms with Crippen molar-refractivity contribution in [1.29, 1.82) is 0 Å². The van der Waals surface area contributed by atoms with Crippen molar-refractivity contribution in [3.63, 3.8) is 0 Å². The summed E-state index contributed by atoms with van der Waals surface area (Å²) in [4.78, 5) is 21.6. The van der Waals surface area contributed by atoms with E-state index in [1.165, 1.54) is 12.1 Å². The largest absolute Gasteiger partial charge is 0.358 e. The van der Waals surface area contributed by atoms with Crippen molar-refractivity contribution < 1.29 is 9.72 Å². The molecule has 2 atom stereocenters. The number of carbonyl (C=O) groups is 1. The number of nitro groups is 1. The monoisotopic (exact) mass is 251 g/mol. The molecular weight excluding hydrogens is 234 g/mol. The highest BCUT2D eigenvalue weighted by atomic mass is 16.6. The third-order valence-electron chi connectivity index (χ3n) is 2.72. The molecule has 1 amide bonds. The second-order valence-electron chi connectivity index (χ2n) is 4.08. The van der Waals surface area contributed by atoms with Crippen molar-refractivity contribution in [3.8, 4) is 0 Å². The van der Waals surface area contributed by atoms with Crippen LogP contribution in [0.25, 0.3) is 0 Å². The highest BCUT2D eigenvalue weighted by Crippen LogP contribution is 2.19.